The van der Waals surface area contributed by atoms with E-state index in [2.05, 4.69) is 182 Å². The number of allylic oxidation sites excluding steroid dienone is 5. The Balaban J connectivity index is 1.24. The van der Waals surface area contributed by atoms with Crippen molar-refractivity contribution < 1.29 is 0 Å². The number of aromatic nitrogens is 2. The average molecular weight is 701 g/mol. The fourth-order valence-electron chi connectivity index (χ4n) is 9.21. The van der Waals surface area contributed by atoms with E-state index in [-0.39, 0.29) is 5.41 Å². The maximum Gasteiger partial charge on any atom is 0.0718 e. The standard InChI is InChI=1S/C53H36N2/c1-53-28-12-10-22-49(53)44(34-24-26-35(27-25-34)50-23-11-13-29-54-50)32-48-46(45-30-36-14-2-4-16-38(36)40-18-6-8-20-42(40)45)33-51(55-52(48)53)47-31-37-15-3-5-17-39(37)41-19-7-9-21-43(41)47/h2-27,29-33H,28H2,1H3. The lowest BCUT2D eigenvalue weighted by atomic mass is 9.64. The molecule has 7 aromatic carbocycles. The average Bonchev–Trinajstić information content (AvgIpc) is 3.25. The molecule has 2 aliphatic carbocycles. The molecule has 258 valence electrons. The minimum Gasteiger partial charge on any atom is -0.256 e. The van der Waals surface area contributed by atoms with E-state index >= 15 is 0 Å². The van der Waals surface area contributed by atoms with E-state index in [1.165, 1.54) is 76.5 Å². The molecule has 9 aromatic rings. The van der Waals surface area contributed by atoms with Gasteiger partial charge in [-0.15, -0.1) is 0 Å². The Bertz CT molecular complexity index is 3110. The topological polar surface area (TPSA) is 25.8 Å². The summed E-state index contributed by atoms with van der Waals surface area (Å²) in [6.07, 6.45) is 12.0. The van der Waals surface area contributed by atoms with E-state index in [9.17, 15) is 0 Å². The van der Waals surface area contributed by atoms with Gasteiger partial charge in [-0.25, -0.2) is 0 Å². The van der Waals surface area contributed by atoms with E-state index in [0.717, 1.165) is 34.6 Å². The molecule has 0 saturated heterocycles. The predicted molar refractivity (Wildman–Crippen MR) is 232 cm³/mol. The Morgan fingerprint density at radius 2 is 1.09 bits per heavy atom. The van der Waals surface area contributed by atoms with Crippen LogP contribution in [-0.2, 0) is 5.41 Å². The zero-order valence-electron chi connectivity index (χ0n) is 30.5. The zero-order valence-corrected chi connectivity index (χ0v) is 30.5. The van der Waals surface area contributed by atoms with E-state index in [4.69, 9.17) is 4.98 Å². The molecule has 0 amide bonds. The molecular formula is C53H36N2. The molecular weight excluding hydrogens is 665 g/mol. The van der Waals surface area contributed by atoms with Crippen LogP contribution in [0.3, 0.4) is 0 Å². The number of nitrogens with zero attached hydrogens (tertiary/aromatic N) is 2. The smallest absolute Gasteiger partial charge is 0.0718 e. The van der Waals surface area contributed by atoms with Crippen LogP contribution in [0.25, 0.3) is 88.4 Å². The molecule has 1 atom stereocenters. The van der Waals surface area contributed by atoms with Gasteiger partial charge in [-0.1, -0.05) is 146 Å². The highest BCUT2D eigenvalue weighted by Gasteiger charge is 2.41. The number of hydrogen-bond donors (Lipinski definition) is 0. The number of rotatable bonds is 4. The van der Waals surface area contributed by atoms with Gasteiger partial charge in [-0.3, -0.25) is 9.97 Å². The Morgan fingerprint density at radius 1 is 0.509 bits per heavy atom. The van der Waals surface area contributed by atoms with E-state index in [0.29, 0.717) is 0 Å². The largest absolute Gasteiger partial charge is 0.256 e. The molecule has 0 aliphatic heterocycles. The quantitative estimate of drug-likeness (QED) is 0.171. The zero-order chi connectivity index (χ0) is 36.5. The number of hydrogen-bond acceptors (Lipinski definition) is 2. The van der Waals surface area contributed by atoms with Crippen LogP contribution >= 0.6 is 0 Å². The third-order valence-electron chi connectivity index (χ3n) is 11.9. The molecule has 0 bridgehead atoms. The Kier molecular flexibility index (Phi) is 7.09. The van der Waals surface area contributed by atoms with Crippen LogP contribution in [0.15, 0.2) is 188 Å². The van der Waals surface area contributed by atoms with Gasteiger partial charge in [0.25, 0.3) is 0 Å². The summed E-state index contributed by atoms with van der Waals surface area (Å²) in [6.45, 7) is 2.40. The second-order valence-corrected chi connectivity index (χ2v) is 15.1. The Morgan fingerprint density at radius 3 is 1.76 bits per heavy atom. The first-order valence-corrected chi connectivity index (χ1v) is 19.1. The maximum atomic E-state index is 5.78. The lowest BCUT2D eigenvalue weighted by molar-refractivity contribution is 0.554. The van der Waals surface area contributed by atoms with Crippen molar-refractivity contribution in [2.45, 2.75) is 18.8 Å². The first-order chi connectivity index (χ1) is 27.1. The molecule has 0 N–H and O–H groups in total. The van der Waals surface area contributed by atoms with Crippen molar-refractivity contribution >= 4 is 54.7 Å². The summed E-state index contributed by atoms with van der Waals surface area (Å²) < 4.78 is 0. The number of fused-ring (bicyclic) bond motifs is 9. The molecule has 11 rings (SSSR count). The molecule has 55 heavy (non-hydrogen) atoms. The van der Waals surface area contributed by atoms with Crippen LogP contribution in [-0.4, -0.2) is 9.97 Å². The normalized spacial score (nSPS) is 16.2. The van der Waals surface area contributed by atoms with Crippen molar-refractivity contribution in [3.8, 4) is 33.6 Å². The summed E-state index contributed by atoms with van der Waals surface area (Å²) in [6, 6.07) is 57.3. The van der Waals surface area contributed by atoms with Crippen LogP contribution in [0.1, 0.15) is 30.2 Å². The van der Waals surface area contributed by atoms with Crippen LogP contribution in [0.4, 0.5) is 0 Å². The van der Waals surface area contributed by atoms with Gasteiger partial charge >= 0.3 is 0 Å². The van der Waals surface area contributed by atoms with Gasteiger partial charge in [0.2, 0.25) is 0 Å². The molecule has 2 heterocycles. The first-order valence-electron chi connectivity index (χ1n) is 19.1. The SMILES string of the molecule is CC12CC=CC=C1C(c1ccc(-c3ccccn3)cc1)=Cc1c(-c3cc4ccccc4c4ccccc34)cc(-c3cc4ccccc4c4ccccc34)nc12. The minimum absolute atomic E-state index is 0.349. The fraction of sp³-hybridized carbons (Fsp3) is 0.0566. The fourth-order valence-corrected chi connectivity index (χ4v) is 9.21. The van der Waals surface area contributed by atoms with Gasteiger partial charge in [0.05, 0.1) is 17.1 Å². The molecule has 1 unspecified atom stereocenters. The summed E-state index contributed by atoms with van der Waals surface area (Å²) >= 11 is 0. The summed E-state index contributed by atoms with van der Waals surface area (Å²) in [5.41, 5.74) is 12.4. The summed E-state index contributed by atoms with van der Waals surface area (Å²) in [5, 5.41) is 9.95. The summed E-state index contributed by atoms with van der Waals surface area (Å²) in [5.74, 6) is 0. The highest BCUT2D eigenvalue weighted by Crippen LogP contribution is 2.53. The van der Waals surface area contributed by atoms with Crippen molar-refractivity contribution in [3.05, 3.63) is 205 Å². The molecule has 0 spiro atoms. The van der Waals surface area contributed by atoms with Gasteiger partial charge in [0.15, 0.2) is 0 Å². The summed E-state index contributed by atoms with van der Waals surface area (Å²) in [7, 11) is 0. The molecule has 2 heteroatoms. The first kappa shape index (κ1) is 31.6. The van der Waals surface area contributed by atoms with Crippen molar-refractivity contribution in [1.29, 1.82) is 0 Å². The van der Waals surface area contributed by atoms with Crippen LogP contribution < -0.4 is 0 Å². The van der Waals surface area contributed by atoms with Crippen molar-refractivity contribution in [1.82, 2.24) is 9.97 Å². The predicted octanol–water partition coefficient (Wildman–Crippen LogP) is 13.8. The second-order valence-electron chi connectivity index (χ2n) is 15.1. The van der Waals surface area contributed by atoms with Crippen LogP contribution in [0.5, 0.6) is 0 Å². The van der Waals surface area contributed by atoms with Gasteiger partial charge in [-0.05, 0) is 121 Å². The third-order valence-corrected chi connectivity index (χ3v) is 11.9. The second kappa shape index (κ2) is 12.3. The highest BCUT2D eigenvalue weighted by molar-refractivity contribution is 6.16. The monoisotopic (exact) mass is 700 g/mol. The van der Waals surface area contributed by atoms with Crippen molar-refractivity contribution in [2.24, 2.45) is 0 Å². The van der Waals surface area contributed by atoms with Crippen LogP contribution in [0.2, 0.25) is 0 Å². The Labute approximate surface area is 320 Å². The molecule has 2 nitrogen and oxygen atoms in total. The molecule has 0 fully saturated rings. The molecule has 0 radical (unpaired) electrons. The van der Waals surface area contributed by atoms with E-state index in [1.807, 2.05) is 18.3 Å². The maximum absolute atomic E-state index is 5.78. The molecule has 0 saturated carbocycles. The van der Waals surface area contributed by atoms with E-state index in [1.54, 1.807) is 0 Å². The van der Waals surface area contributed by atoms with Crippen molar-refractivity contribution in [3.63, 3.8) is 0 Å². The van der Waals surface area contributed by atoms with Gasteiger partial charge in [0.1, 0.15) is 0 Å². The molecule has 2 aromatic heterocycles. The van der Waals surface area contributed by atoms with E-state index < -0.39 is 0 Å². The van der Waals surface area contributed by atoms with Gasteiger partial charge in [-0.2, -0.15) is 0 Å². The van der Waals surface area contributed by atoms with Gasteiger partial charge in [0, 0.05) is 28.3 Å². The van der Waals surface area contributed by atoms with Gasteiger partial charge < -0.3 is 0 Å². The summed E-state index contributed by atoms with van der Waals surface area (Å²) in [4.78, 5) is 10.4. The molecule has 2 aliphatic rings. The minimum atomic E-state index is -0.349. The lowest BCUT2D eigenvalue weighted by Gasteiger charge is -2.40. The Hall–Kier alpha value is -6.90. The van der Waals surface area contributed by atoms with Crippen LogP contribution in [0, 0.1) is 0 Å². The third kappa shape index (κ3) is 4.95. The number of benzene rings is 7. The van der Waals surface area contributed by atoms with Crippen molar-refractivity contribution in [2.75, 3.05) is 0 Å². The number of pyridine rings is 2. The lowest BCUT2D eigenvalue weighted by Crippen LogP contribution is -2.31. The highest BCUT2D eigenvalue weighted by atomic mass is 14.8.